The fourth-order valence-electron chi connectivity index (χ4n) is 1.20. The number of hydrogen-bond acceptors (Lipinski definition) is 6. The van der Waals surface area contributed by atoms with Crippen LogP contribution in [0.3, 0.4) is 0 Å². The van der Waals surface area contributed by atoms with Crippen LogP contribution in [0.1, 0.15) is 23.8 Å². The Bertz CT molecular complexity index is 469. The SMILES string of the molecule is CCOC(=O)C(=O)CC(=O)c1cccc(OC)n1. The molecule has 0 saturated heterocycles. The molecule has 0 bridgehead atoms. The lowest BCUT2D eigenvalue weighted by molar-refractivity contribution is -0.153. The van der Waals surface area contributed by atoms with E-state index in [1.807, 2.05) is 0 Å². The fraction of sp³-hybridized carbons (Fsp3) is 0.333. The number of Topliss-reactive ketones (excluding diaryl/α,β-unsaturated/α-hetero) is 2. The van der Waals surface area contributed by atoms with Gasteiger partial charge in [-0.15, -0.1) is 0 Å². The Morgan fingerprint density at radius 2 is 2.00 bits per heavy atom. The van der Waals surface area contributed by atoms with E-state index in [1.165, 1.54) is 13.2 Å². The highest BCUT2D eigenvalue weighted by atomic mass is 16.5. The second-order valence-corrected chi connectivity index (χ2v) is 3.31. The van der Waals surface area contributed by atoms with Crippen molar-refractivity contribution in [1.82, 2.24) is 4.98 Å². The Kier molecular flexibility index (Phi) is 4.98. The van der Waals surface area contributed by atoms with E-state index in [-0.39, 0.29) is 18.2 Å². The molecular weight excluding hydrogens is 238 g/mol. The minimum atomic E-state index is -1.01. The van der Waals surface area contributed by atoms with Crippen LogP contribution in [-0.2, 0) is 14.3 Å². The fourth-order valence-corrected chi connectivity index (χ4v) is 1.20. The van der Waals surface area contributed by atoms with Crippen LogP contribution in [0.2, 0.25) is 0 Å². The summed E-state index contributed by atoms with van der Waals surface area (Å²) in [7, 11) is 1.42. The number of methoxy groups -OCH3 is 1. The lowest BCUT2D eigenvalue weighted by Crippen LogP contribution is -2.21. The third kappa shape index (κ3) is 3.65. The van der Waals surface area contributed by atoms with Crippen LogP contribution in [-0.4, -0.2) is 36.2 Å². The highest BCUT2D eigenvalue weighted by Crippen LogP contribution is 2.08. The van der Waals surface area contributed by atoms with Crippen LogP contribution in [0.5, 0.6) is 5.88 Å². The van der Waals surface area contributed by atoms with Gasteiger partial charge in [-0.3, -0.25) is 9.59 Å². The molecule has 1 rings (SSSR count). The van der Waals surface area contributed by atoms with Crippen molar-refractivity contribution >= 4 is 17.5 Å². The Labute approximate surface area is 104 Å². The number of carbonyl (C=O) groups excluding carboxylic acids is 3. The van der Waals surface area contributed by atoms with E-state index in [9.17, 15) is 14.4 Å². The number of aromatic nitrogens is 1. The van der Waals surface area contributed by atoms with Crippen molar-refractivity contribution in [3.63, 3.8) is 0 Å². The number of rotatable bonds is 6. The summed E-state index contributed by atoms with van der Waals surface area (Å²) in [4.78, 5) is 37.9. The van der Waals surface area contributed by atoms with Crippen LogP contribution in [0.15, 0.2) is 18.2 Å². The summed E-state index contributed by atoms with van der Waals surface area (Å²) in [5, 5.41) is 0. The molecule has 1 aromatic rings. The quantitative estimate of drug-likeness (QED) is 0.322. The van der Waals surface area contributed by atoms with Gasteiger partial charge in [0.2, 0.25) is 11.7 Å². The summed E-state index contributed by atoms with van der Waals surface area (Å²) in [6, 6.07) is 4.60. The van der Waals surface area contributed by atoms with E-state index >= 15 is 0 Å². The average Bonchev–Trinajstić information content (AvgIpc) is 2.39. The zero-order valence-electron chi connectivity index (χ0n) is 10.1. The number of ketones is 2. The Hall–Kier alpha value is -2.24. The first kappa shape index (κ1) is 13.8. The second kappa shape index (κ2) is 6.48. The monoisotopic (exact) mass is 251 g/mol. The third-order valence-electron chi connectivity index (χ3n) is 2.04. The summed E-state index contributed by atoms with van der Waals surface area (Å²) >= 11 is 0. The Morgan fingerprint density at radius 3 is 2.61 bits per heavy atom. The van der Waals surface area contributed by atoms with Crippen molar-refractivity contribution in [3.05, 3.63) is 23.9 Å². The van der Waals surface area contributed by atoms with E-state index in [0.717, 1.165) is 0 Å². The van der Waals surface area contributed by atoms with Gasteiger partial charge < -0.3 is 9.47 Å². The number of esters is 1. The van der Waals surface area contributed by atoms with Gasteiger partial charge in [0.05, 0.1) is 20.1 Å². The molecule has 0 radical (unpaired) electrons. The minimum Gasteiger partial charge on any atom is -0.481 e. The van der Waals surface area contributed by atoms with E-state index < -0.39 is 24.0 Å². The molecule has 0 aliphatic rings. The van der Waals surface area contributed by atoms with Gasteiger partial charge in [0.15, 0.2) is 5.78 Å². The van der Waals surface area contributed by atoms with Gasteiger partial charge >= 0.3 is 5.97 Å². The zero-order chi connectivity index (χ0) is 13.5. The summed E-state index contributed by atoms with van der Waals surface area (Å²) in [5.41, 5.74) is 0.0759. The molecule has 0 spiro atoms. The maximum Gasteiger partial charge on any atom is 0.375 e. The van der Waals surface area contributed by atoms with Crippen molar-refractivity contribution in [2.45, 2.75) is 13.3 Å². The molecule has 1 heterocycles. The lowest BCUT2D eigenvalue weighted by atomic mass is 10.1. The van der Waals surface area contributed by atoms with Crippen molar-refractivity contribution in [1.29, 1.82) is 0 Å². The number of hydrogen-bond donors (Lipinski definition) is 0. The van der Waals surface area contributed by atoms with Gasteiger partial charge in [0.25, 0.3) is 0 Å². The molecule has 0 aromatic carbocycles. The van der Waals surface area contributed by atoms with Gasteiger partial charge in [-0.2, -0.15) is 0 Å². The minimum absolute atomic E-state index is 0.0759. The van der Waals surface area contributed by atoms with E-state index in [4.69, 9.17) is 4.74 Å². The number of carbonyl (C=O) groups is 3. The molecule has 96 valence electrons. The molecule has 6 nitrogen and oxygen atoms in total. The van der Waals surface area contributed by atoms with Crippen LogP contribution in [0.4, 0.5) is 0 Å². The lowest BCUT2D eigenvalue weighted by Gasteiger charge is -2.02. The number of nitrogens with zero attached hydrogens (tertiary/aromatic N) is 1. The molecule has 18 heavy (non-hydrogen) atoms. The predicted molar refractivity (Wildman–Crippen MR) is 61.4 cm³/mol. The predicted octanol–water partition coefficient (Wildman–Crippen LogP) is 0.795. The molecule has 6 heteroatoms. The zero-order valence-corrected chi connectivity index (χ0v) is 10.1. The number of pyridine rings is 1. The van der Waals surface area contributed by atoms with Gasteiger partial charge in [-0.25, -0.2) is 9.78 Å². The first-order chi connectivity index (χ1) is 8.58. The normalized spacial score (nSPS) is 9.67. The summed E-state index contributed by atoms with van der Waals surface area (Å²) in [6.45, 7) is 1.67. The van der Waals surface area contributed by atoms with Crippen molar-refractivity contribution < 1.29 is 23.9 Å². The summed E-state index contributed by atoms with van der Waals surface area (Å²) in [5.74, 6) is -2.17. The van der Waals surface area contributed by atoms with Gasteiger partial charge in [-0.1, -0.05) is 6.07 Å². The van der Waals surface area contributed by atoms with Crippen molar-refractivity contribution in [3.8, 4) is 5.88 Å². The molecule has 0 amide bonds. The second-order valence-electron chi connectivity index (χ2n) is 3.31. The van der Waals surface area contributed by atoms with Crippen LogP contribution in [0.25, 0.3) is 0 Å². The molecule has 0 saturated carbocycles. The smallest absolute Gasteiger partial charge is 0.375 e. The largest absolute Gasteiger partial charge is 0.481 e. The Morgan fingerprint density at radius 1 is 1.28 bits per heavy atom. The molecule has 0 fully saturated rings. The molecule has 0 aliphatic carbocycles. The van der Waals surface area contributed by atoms with Gasteiger partial charge in [-0.05, 0) is 13.0 Å². The van der Waals surface area contributed by atoms with E-state index in [2.05, 4.69) is 9.72 Å². The van der Waals surface area contributed by atoms with E-state index in [0.29, 0.717) is 0 Å². The van der Waals surface area contributed by atoms with Gasteiger partial charge in [0.1, 0.15) is 5.69 Å². The molecule has 0 aliphatic heterocycles. The first-order valence-electron chi connectivity index (χ1n) is 5.32. The van der Waals surface area contributed by atoms with Crippen LogP contribution >= 0.6 is 0 Å². The number of ether oxygens (including phenoxy) is 2. The Balaban J connectivity index is 2.70. The molecule has 0 atom stereocenters. The first-order valence-corrected chi connectivity index (χ1v) is 5.32. The van der Waals surface area contributed by atoms with Crippen LogP contribution < -0.4 is 4.74 Å². The average molecular weight is 251 g/mol. The molecule has 0 N–H and O–H groups in total. The van der Waals surface area contributed by atoms with E-state index in [1.54, 1.807) is 19.1 Å². The van der Waals surface area contributed by atoms with Crippen molar-refractivity contribution in [2.75, 3.05) is 13.7 Å². The molecular formula is C12H13NO5. The summed E-state index contributed by atoms with van der Waals surface area (Å²) < 4.78 is 9.36. The maximum absolute atomic E-state index is 11.7. The summed E-state index contributed by atoms with van der Waals surface area (Å²) in [6.07, 6.45) is -0.557. The molecule has 0 unspecified atom stereocenters. The highest BCUT2D eigenvalue weighted by Gasteiger charge is 2.20. The topological polar surface area (TPSA) is 82.6 Å². The van der Waals surface area contributed by atoms with Crippen molar-refractivity contribution in [2.24, 2.45) is 0 Å². The van der Waals surface area contributed by atoms with Gasteiger partial charge in [0, 0.05) is 6.07 Å². The highest BCUT2D eigenvalue weighted by molar-refractivity contribution is 6.38. The maximum atomic E-state index is 11.7. The molecule has 1 aromatic heterocycles. The van der Waals surface area contributed by atoms with Crippen LogP contribution in [0, 0.1) is 0 Å². The standard InChI is InChI=1S/C12H13NO5/c1-3-18-12(16)10(15)7-9(14)8-5-4-6-11(13-8)17-2/h4-6H,3,7H2,1-2H3. The third-order valence-corrected chi connectivity index (χ3v) is 2.04.